The van der Waals surface area contributed by atoms with Crippen LogP contribution in [0.25, 0.3) is 0 Å². The Morgan fingerprint density at radius 1 is 0.920 bits per heavy atom. The molecular weight excluding hydrogens is 310 g/mol. The predicted octanol–water partition coefficient (Wildman–Crippen LogP) is 2.95. The monoisotopic (exact) mass is 337 g/mol. The molecule has 0 radical (unpaired) electrons. The van der Waals surface area contributed by atoms with Gasteiger partial charge in [0.2, 0.25) is 5.91 Å². The van der Waals surface area contributed by atoms with Crippen LogP contribution in [-0.4, -0.2) is 56.0 Å². The summed E-state index contributed by atoms with van der Waals surface area (Å²) in [6, 6.07) is 18.6. The molecule has 0 bridgehead atoms. The Hall–Kier alpha value is -2.33. The molecule has 0 aliphatic carbocycles. The van der Waals surface area contributed by atoms with Crippen LogP contribution in [-0.2, 0) is 4.79 Å². The molecule has 4 heteroatoms. The molecule has 1 aliphatic rings. The molecule has 2 aromatic carbocycles. The normalized spacial score (nSPS) is 16.5. The number of likely N-dealkylation sites (N-methyl/N-ethyl adjacent to an activating group) is 1. The Morgan fingerprint density at radius 2 is 1.52 bits per heavy atom. The van der Waals surface area contributed by atoms with E-state index in [1.807, 2.05) is 32.3 Å². The summed E-state index contributed by atoms with van der Waals surface area (Å²) in [7, 11) is 3.67. The van der Waals surface area contributed by atoms with Crippen molar-refractivity contribution in [2.75, 3.05) is 45.2 Å². The van der Waals surface area contributed by atoms with Crippen molar-refractivity contribution < 1.29 is 4.79 Å². The molecule has 1 amide bonds. The van der Waals surface area contributed by atoms with E-state index in [0.717, 1.165) is 31.7 Å². The minimum Gasteiger partial charge on any atom is -0.369 e. The highest BCUT2D eigenvalue weighted by atomic mass is 16.2. The van der Waals surface area contributed by atoms with Crippen molar-refractivity contribution in [1.82, 2.24) is 9.80 Å². The zero-order valence-corrected chi connectivity index (χ0v) is 15.4. The van der Waals surface area contributed by atoms with E-state index in [2.05, 4.69) is 53.1 Å². The molecule has 0 spiro atoms. The van der Waals surface area contributed by atoms with Gasteiger partial charge in [0.25, 0.3) is 0 Å². The van der Waals surface area contributed by atoms with Gasteiger partial charge in [0.1, 0.15) is 6.04 Å². The van der Waals surface area contributed by atoms with Crippen LogP contribution in [0.4, 0.5) is 5.69 Å². The van der Waals surface area contributed by atoms with Crippen LogP contribution in [0.2, 0.25) is 0 Å². The van der Waals surface area contributed by atoms with Gasteiger partial charge < -0.3 is 9.80 Å². The second-order valence-corrected chi connectivity index (χ2v) is 6.90. The minimum absolute atomic E-state index is 0.148. The number of rotatable bonds is 4. The van der Waals surface area contributed by atoms with E-state index in [0.29, 0.717) is 0 Å². The number of carbonyl (C=O) groups is 1. The van der Waals surface area contributed by atoms with Gasteiger partial charge in [-0.3, -0.25) is 9.69 Å². The van der Waals surface area contributed by atoms with Crippen molar-refractivity contribution in [2.24, 2.45) is 0 Å². The van der Waals surface area contributed by atoms with E-state index < -0.39 is 0 Å². The lowest BCUT2D eigenvalue weighted by Crippen LogP contribution is -2.51. The van der Waals surface area contributed by atoms with Crippen LogP contribution in [0.5, 0.6) is 0 Å². The van der Waals surface area contributed by atoms with Crippen LogP contribution >= 0.6 is 0 Å². The first kappa shape index (κ1) is 17.5. The molecule has 2 aromatic rings. The summed E-state index contributed by atoms with van der Waals surface area (Å²) in [5.74, 6) is 0.148. The molecule has 3 rings (SSSR count). The number of carbonyl (C=O) groups excluding carboxylic acids is 1. The van der Waals surface area contributed by atoms with Crippen LogP contribution < -0.4 is 4.90 Å². The zero-order valence-electron chi connectivity index (χ0n) is 15.4. The topological polar surface area (TPSA) is 26.8 Å². The summed E-state index contributed by atoms with van der Waals surface area (Å²) in [5.41, 5.74) is 3.62. The Labute approximate surface area is 150 Å². The average molecular weight is 337 g/mol. The molecule has 25 heavy (non-hydrogen) atoms. The largest absolute Gasteiger partial charge is 0.369 e. The van der Waals surface area contributed by atoms with Gasteiger partial charge in [0.15, 0.2) is 0 Å². The van der Waals surface area contributed by atoms with Crippen molar-refractivity contribution in [3.63, 3.8) is 0 Å². The lowest BCUT2D eigenvalue weighted by Gasteiger charge is -2.40. The summed E-state index contributed by atoms with van der Waals surface area (Å²) in [6.45, 7) is 5.75. The maximum atomic E-state index is 12.8. The number of piperazine rings is 1. The van der Waals surface area contributed by atoms with E-state index in [9.17, 15) is 4.79 Å². The van der Waals surface area contributed by atoms with E-state index >= 15 is 0 Å². The van der Waals surface area contributed by atoms with Gasteiger partial charge in [-0.1, -0.05) is 48.0 Å². The summed E-state index contributed by atoms with van der Waals surface area (Å²) >= 11 is 0. The molecule has 1 fully saturated rings. The van der Waals surface area contributed by atoms with Crippen molar-refractivity contribution in [1.29, 1.82) is 0 Å². The zero-order chi connectivity index (χ0) is 17.8. The third-order valence-corrected chi connectivity index (χ3v) is 4.87. The SMILES string of the molecule is Cc1ccc(N2CCN(C(C(=O)N(C)C)c3ccccc3)CC2)cc1. The standard InChI is InChI=1S/C21H27N3O/c1-17-9-11-19(12-10-17)23-13-15-24(16-14-23)20(21(25)22(2)3)18-7-5-4-6-8-18/h4-12,20H,13-16H2,1-3H3. The maximum absolute atomic E-state index is 12.8. The quantitative estimate of drug-likeness (QED) is 0.858. The van der Waals surface area contributed by atoms with Gasteiger partial charge in [-0.2, -0.15) is 0 Å². The smallest absolute Gasteiger partial charge is 0.244 e. The summed E-state index contributed by atoms with van der Waals surface area (Å²) < 4.78 is 0. The molecular formula is C21H27N3O. The van der Waals surface area contributed by atoms with Crippen LogP contribution in [0.3, 0.4) is 0 Å². The second kappa shape index (κ2) is 7.70. The Kier molecular flexibility index (Phi) is 5.39. The van der Waals surface area contributed by atoms with Gasteiger partial charge in [-0.05, 0) is 24.6 Å². The fraction of sp³-hybridized carbons (Fsp3) is 0.381. The number of benzene rings is 2. The fourth-order valence-corrected chi connectivity index (χ4v) is 3.38. The van der Waals surface area contributed by atoms with Gasteiger partial charge >= 0.3 is 0 Å². The van der Waals surface area contributed by atoms with E-state index in [4.69, 9.17) is 0 Å². The van der Waals surface area contributed by atoms with E-state index in [1.54, 1.807) is 4.90 Å². The molecule has 132 valence electrons. The van der Waals surface area contributed by atoms with E-state index in [1.165, 1.54) is 11.3 Å². The molecule has 1 saturated heterocycles. The fourth-order valence-electron chi connectivity index (χ4n) is 3.38. The van der Waals surface area contributed by atoms with Gasteiger partial charge in [-0.15, -0.1) is 0 Å². The summed E-state index contributed by atoms with van der Waals surface area (Å²) in [4.78, 5) is 19.2. The number of aryl methyl sites for hydroxylation is 1. The lowest BCUT2D eigenvalue weighted by molar-refractivity contribution is -0.134. The van der Waals surface area contributed by atoms with Gasteiger partial charge in [0, 0.05) is 46.0 Å². The molecule has 1 atom stereocenters. The Morgan fingerprint density at radius 3 is 2.08 bits per heavy atom. The molecule has 1 heterocycles. The average Bonchev–Trinajstić information content (AvgIpc) is 2.64. The first-order chi connectivity index (χ1) is 12.1. The molecule has 0 saturated carbocycles. The number of amides is 1. The first-order valence-electron chi connectivity index (χ1n) is 8.88. The number of nitrogens with zero attached hydrogens (tertiary/aromatic N) is 3. The third-order valence-electron chi connectivity index (χ3n) is 4.87. The lowest BCUT2D eigenvalue weighted by atomic mass is 10.0. The third kappa shape index (κ3) is 4.02. The van der Waals surface area contributed by atoms with Crippen molar-refractivity contribution >= 4 is 11.6 Å². The summed E-state index contributed by atoms with van der Waals surface area (Å²) in [6.07, 6.45) is 0. The molecule has 1 aliphatic heterocycles. The van der Waals surface area contributed by atoms with Gasteiger partial charge in [-0.25, -0.2) is 0 Å². The van der Waals surface area contributed by atoms with Gasteiger partial charge in [0.05, 0.1) is 0 Å². The van der Waals surface area contributed by atoms with E-state index in [-0.39, 0.29) is 11.9 Å². The molecule has 1 unspecified atom stereocenters. The molecule has 0 aromatic heterocycles. The summed E-state index contributed by atoms with van der Waals surface area (Å²) in [5, 5.41) is 0. The molecule has 4 nitrogen and oxygen atoms in total. The number of anilines is 1. The van der Waals surface area contributed by atoms with Crippen molar-refractivity contribution in [3.05, 3.63) is 65.7 Å². The highest BCUT2D eigenvalue weighted by molar-refractivity contribution is 5.83. The van der Waals surface area contributed by atoms with Crippen LogP contribution in [0.15, 0.2) is 54.6 Å². The number of hydrogen-bond acceptors (Lipinski definition) is 3. The Bertz CT molecular complexity index is 689. The number of hydrogen-bond donors (Lipinski definition) is 0. The Balaban J connectivity index is 1.74. The van der Waals surface area contributed by atoms with Crippen LogP contribution in [0.1, 0.15) is 17.2 Å². The maximum Gasteiger partial charge on any atom is 0.244 e. The predicted molar refractivity (Wildman–Crippen MR) is 103 cm³/mol. The highest BCUT2D eigenvalue weighted by Crippen LogP contribution is 2.25. The van der Waals surface area contributed by atoms with Crippen molar-refractivity contribution in [2.45, 2.75) is 13.0 Å². The highest BCUT2D eigenvalue weighted by Gasteiger charge is 2.31. The second-order valence-electron chi connectivity index (χ2n) is 6.90. The minimum atomic E-state index is -0.198. The molecule has 0 N–H and O–H groups in total. The first-order valence-corrected chi connectivity index (χ1v) is 8.88. The van der Waals surface area contributed by atoms with Crippen molar-refractivity contribution in [3.8, 4) is 0 Å². The van der Waals surface area contributed by atoms with Crippen LogP contribution in [0, 0.1) is 6.92 Å².